The van der Waals surface area contributed by atoms with Crippen LogP contribution in [0.4, 0.5) is 5.69 Å². The van der Waals surface area contributed by atoms with E-state index in [1.165, 1.54) is 28.8 Å². The maximum atomic E-state index is 12.2. The number of amides is 1. The van der Waals surface area contributed by atoms with Crippen molar-refractivity contribution in [1.29, 1.82) is 0 Å². The van der Waals surface area contributed by atoms with Gasteiger partial charge in [-0.2, -0.15) is 0 Å². The molecule has 2 aromatic carbocycles. The first-order valence-corrected chi connectivity index (χ1v) is 9.74. The maximum Gasteiger partial charge on any atom is 0.269 e. The third-order valence-electron chi connectivity index (χ3n) is 3.79. The minimum atomic E-state index is -0.443. The van der Waals surface area contributed by atoms with Gasteiger partial charge in [0.2, 0.25) is 0 Å². The second-order valence-corrected chi connectivity index (χ2v) is 8.23. The quantitative estimate of drug-likeness (QED) is 0.274. The molecule has 0 spiro atoms. The van der Waals surface area contributed by atoms with Crippen LogP contribution in [0.2, 0.25) is 0 Å². The zero-order valence-electron chi connectivity index (χ0n) is 14.0. The summed E-state index contributed by atoms with van der Waals surface area (Å²) in [4.78, 5) is 24.5. The van der Waals surface area contributed by atoms with E-state index in [0.717, 1.165) is 15.6 Å². The summed E-state index contributed by atoms with van der Waals surface area (Å²) in [5, 5.41) is 10.7. The van der Waals surface area contributed by atoms with Crippen molar-refractivity contribution >= 4 is 61.9 Å². The van der Waals surface area contributed by atoms with Crippen LogP contribution in [-0.2, 0) is 11.4 Å². The van der Waals surface area contributed by atoms with Crippen molar-refractivity contribution in [3.8, 4) is 5.75 Å². The van der Waals surface area contributed by atoms with Crippen molar-refractivity contribution in [3.05, 3.63) is 73.1 Å². The fourth-order valence-corrected chi connectivity index (χ4v) is 3.87. The van der Waals surface area contributed by atoms with Crippen molar-refractivity contribution in [2.24, 2.45) is 0 Å². The number of hydrogen-bond acceptors (Lipinski definition) is 6. The zero-order valence-corrected chi connectivity index (χ0v) is 17.3. The molecule has 1 saturated heterocycles. The molecule has 0 N–H and O–H groups in total. The van der Waals surface area contributed by atoms with Crippen LogP contribution in [0.5, 0.6) is 5.75 Å². The molecule has 1 heterocycles. The molecule has 27 heavy (non-hydrogen) atoms. The number of likely N-dealkylation sites (N-methyl/N-ethyl adjacent to an activating group) is 1. The van der Waals surface area contributed by atoms with E-state index in [1.54, 1.807) is 31.3 Å². The van der Waals surface area contributed by atoms with Crippen LogP contribution in [-0.4, -0.2) is 27.1 Å². The Morgan fingerprint density at radius 3 is 2.59 bits per heavy atom. The molecule has 3 rings (SSSR count). The van der Waals surface area contributed by atoms with Gasteiger partial charge in [0, 0.05) is 29.2 Å². The topological polar surface area (TPSA) is 72.7 Å². The van der Waals surface area contributed by atoms with Crippen molar-refractivity contribution in [2.45, 2.75) is 6.61 Å². The molecular formula is C18H13BrN2O4S2. The molecule has 0 radical (unpaired) electrons. The molecule has 1 aliphatic rings. The average molecular weight is 465 g/mol. The Hall–Kier alpha value is -2.23. The molecule has 6 nitrogen and oxygen atoms in total. The fourth-order valence-electron chi connectivity index (χ4n) is 2.33. The SMILES string of the molecule is CN1C(=O)C(=Cc2cc(Br)ccc2OCc2ccc([N+](=O)[O-])cc2)SC1=S. The number of non-ortho nitro benzene ring substituents is 1. The van der Waals surface area contributed by atoms with Crippen LogP contribution in [0.25, 0.3) is 6.08 Å². The molecule has 0 aliphatic carbocycles. The Bertz CT molecular complexity index is 960. The highest BCUT2D eigenvalue weighted by atomic mass is 79.9. The van der Waals surface area contributed by atoms with Gasteiger partial charge in [0.05, 0.1) is 9.83 Å². The summed E-state index contributed by atoms with van der Waals surface area (Å²) in [6, 6.07) is 11.7. The monoisotopic (exact) mass is 464 g/mol. The molecule has 1 fully saturated rings. The van der Waals surface area contributed by atoms with Crippen molar-refractivity contribution in [2.75, 3.05) is 7.05 Å². The predicted octanol–water partition coefficient (Wildman–Crippen LogP) is 4.77. The van der Waals surface area contributed by atoms with E-state index in [1.807, 2.05) is 12.1 Å². The molecule has 0 atom stereocenters. The summed E-state index contributed by atoms with van der Waals surface area (Å²) in [6.07, 6.45) is 1.75. The number of hydrogen-bond donors (Lipinski definition) is 0. The smallest absolute Gasteiger partial charge is 0.269 e. The number of nitro benzene ring substituents is 1. The van der Waals surface area contributed by atoms with E-state index in [9.17, 15) is 14.9 Å². The van der Waals surface area contributed by atoms with E-state index < -0.39 is 4.92 Å². The van der Waals surface area contributed by atoms with E-state index >= 15 is 0 Å². The molecular weight excluding hydrogens is 452 g/mol. The molecule has 0 saturated carbocycles. The summed E-state index contributed by atoms with van der Waals surface area (Å²) in [5.74, 6) is 0.448. The van der Waals surface area contributed by atoms with Gasteiger partial charge in [-0.1, -0.05) is 39.9 Å². The Balaban J connectivity index is 1.81. The molecule has 1 aliphatic heterocycles. The van der Waals surface area contributed by atoms with Gasteiger partial charge >= 0.3 is 0 Å². The molecule has 0 unspecified atom stereocenters. The van der Waals surface area contributed by atoms with Crippen molar-refractivity contribution in [3.63, 3.8) is 0 Å². The van der Waals surface area contributed by atoms with Gasteiger partial charge in [-0.15, -0.1) is 0 Å². The fraction of sp³-hybridized carbons (Fsp3) is 0.111. The predicted molar refractivity (Wildman–Crippen MR) is 113 cm³/mol. The normalized spacial score (nSPS) is 15.5. The first kappa shape index (κ1) is 19.5. The van der Waals surface area contributed by atoms with Crippen molar-refractivity contribution < 1.29 is 14.5 Å². The summed E-state index contributed by atoms with van der Waals surface area (Å²) >= 11 is 9.82. The van der Waals surface area contributed by atoms with Gasteiger partial charge in [-0.05, 0) is 42.0 Å². The lowest BCUT2D eigenvalue weighted by atomic mass is 10.1. The number of thiocarbonyl (C=S) groups is 1. The van der Waals surface area contributed by atoms with E-state index in [4.69, 9.17) is 17.0 Å². The van der Waals surface area contributed by atoms with Gasteiger partial charge in [-0.3, -0.25) is 19.8 Å². The number of carbonyl (C=O) groups is 1. The molecule has 1 amide bonds. The van der Waals surface area contributed by atoms with Crippen molar-refractivity contribution in [1.82, 2.24) is 4.90 Å². The third-order valence-corrected chi connectivity index (χ3v) is 5.76. The lowest BCUT2D eigenvalue weighted by molar-refractivity contribution is -0.384. The Kier molecular flexibility index (Phi) is 5.93. The third kappa shape index (κ3) is 4.55. The highest BCUT2D eigenvalue weighted by Crippen LogP contribution is 2.34. The molecule has 138 valence electrons. The summed E-state index contributed by atoms with van der Waals surface area (Å²) in [7, 11) is 1.64. The number of nitro groups is 1. The van der Waals surface area contributed by atoms with Crippen LogP contribution in [0, 0.1) is 10.1 Å². The molecule has 2 aromatic rings. The summed E-state index contributed by atoms with van der Waals surface area (Å²) < 4.78 is 7.23. The molecule has 0 bridgehead atoms. The number of halogens is 1. The molecule has 0 aromatic heterocycles. The number of rotatable bonds is 5. The standard InChI is InChI=1S/C18H13BrN2O4S2/c1-20-17(22)16(27-18(20)26)9-12-8-13(19)4-7-15(12)25-10-11-2-5-14(6-3-11)21(23)24/h2-9H,10H2,1H3. The van der Waals surface area contributed by atoms with Gasteiger partial charge in [0.1, 0.15) is 16.7 Å². The van der Waals surface area contributed by atoms with Gasteiger partial charge < -0.3 is 4.74 Å². The van der Waals surface area contributed by atoms with Crippen LogP contribution >= 0.6 is 39.9 Å². The van der Waals surface area contributed by atoms with E-state index in [2.05, 4.69) is 15.9 Å². The lowest BCUT2D eigenvalue weighted by Gasteiger charge is -2.10. The number of ether oxygens (including phenoxy) is 1. The lowest BCUT2D eigenvalue weighted by Crippen LogP contribution is -2.22. The number of nitrogens with zero attached hydrogens (tertiary/aromatic N) is 2. The number of thioether (sulfide) groups is 1. The Labute approximate surface area is 173 Å². The maximum absolute atomic E-state index is 12.2. The van der Waals surface area contributed by atoms with E-state index in [-0.39, 0.29) is 18.2 Å². The first-order chi connectivity index (χ1) is 12.8. The number of benzene rings is 2. The minimum absolute atomic E-state index is 0.0321. The van der Waals surface area contributed by atoms with Crippen LogP contribution in [0.1, 0.15) is 11.1 Å². The van der Waals surface area contributed by atoms with Crippen LogP contribution in [0.15, 0.2) is 51.8 Å². The molecule has 9 heteroatoms. The highest BCUT2D eigenvalue weighted by molar-refractivity contribution is 9.10. The first-order valence-electron chi connectivity index (χ1n) is 7.72. The summed E-state index contributed by atoms with van der Waals surface area (Å²) in [5.41, 5.74) is 1.57. The van der Waals surface area contributed by atoms with Gasteiger partial charge in [0.25, 0.3) is 11.6 Å². The van der Waals surface area contributed by atoms with E-state index in [0.29, 0.717) is 15.0 Å². The largest absolute Gasteiger partial charge is 0.488 e. The Morgan fingerprint density at radius 1 is 1.30 bits per heavy atom. The highest BCUT2D eigenvalue weighted by Gasteiger charge is 2.29. The van der Waals surface area contributed by atoms with Crippen LogP contribution < -0.4 is 4.74 Å². The minimum Gasteiger partial charge on any atom is -0.488 e. The van der Waals surface area contributed by atoms with Crippen LogP contribution in [0.3, 0.4) is 0 Å². The second-order valence-electron chi connectivity index (χ2n) is 5.64. The van der Waals surface area contributed by atoms with Gasteiger partial charge in [0.15, 0.2) is 0 Å². The summed E-state index contributed by atoms with van der Waals surface area (Å²) in [6.45, 7) is 0.245. The zero-order chi connectivity index (χ0) is 19.6. The average Bonchev–Trinajstić information content (AvgIpc) is 2.88. The second kappa shape index (κ2) is 8.20. The Morgan fingerprint density at radius 2 is 2.00 bits per heavy atom. The van der Waals surface area contributed by atoms with Gasteiger partial charge in [-0.25, -0.2) is 0 Å². The number of carbonyl (C=O) groups excluding carboxylic acids is 1.